The van der Waals surface area contributed by atoms with E-state index in [1.54, 1.807) is 6.20 Å². The Morgan fingerprint density at radius 2 is 2.21 bits per heavy atom. The van der Waals surface area contributed by atoms with Crippen LogP contribution < -0.4 is 5.32 Å². The molecule has 24 heavy (non-hydrogen) atoms. The van der Waals surface area contributed by atoms with Gasteiger partial charge in [0.25, 0.3) is 0 Å². The second-order valence-electron chi connectivity index (χ2n) is 6.92. The number of nitriles is 1. The summed E-state index contributed by atoms with van der Waals surface area (Å²) in [7, 11) is 0. The zero-order valence-corrected chi connectivity index (χ0v) is 15.0. The standard InChI is InChI=1S/C19H25ClN4/c1-14(12-15-6-3-2-4-7-15)23-17-13-24(11-5-9-21)19-18(17)16(20)8-10-22-19/h8,10,13-15,23H,2-7,11-12H2,1H3. The maximum atomic E-state index is 8.86. The lowest BCUT2D eigenvalue weighted by atomic mass is 9.85. The molecule has 2 aromatic heterocycles. The minimum atomic E-state index is 0.402. The van der Waals surface area contributed by atoms with Crippen LogP contribution >= 0.6 is 11.6 Å². The Kier molecular flexibility index (Phi) is 5.63. The Bertz CT molecular complexity index is 725. The molecule has 0 saturated heterocycles. The van der Waals surface area contributed by atoms with Crippen molar-refractivity contribution in [1.82, 2.24) is 9.55 Å². The molecule has 0 bridgehead atoms. The normalized spacial score (nSPS) is 16.9. The summed E-state index contributed by atoms with van der Waals surface area (Å²) in [6, 6.07) is 4.43. The van der Waals surface area contributed by atoms with Gasteiger partial charge in [0.05, 0.1) is 28.6 Å². The first-order valence-corrected chi connectivity index (χ1v) is 9.33. The molecule has 1 fully saturated rings. The van der Waals surface area contributed by atoms with Crippen molar-refractivity contribution in [2.24, 2.45) is 5.92 Å². The van der Waals surface area contributed by atoms with E-state index in [1.807, 2.05) is 10.6 Å². The maximum Gasteiger partial charge on any atom is 0.143 e. The van der Waals surface area contributed by atoms with Crippen LogP contribution in [-0.2, 0) is 6.54 Å². The third-order valence-electron chi connectivity index (χ3n) is 4.98. The predicted octanol–water partition coefficient (Wildman–Crippen LogP) is 5.37. The molecule has 4 nitrogen and oxygen atoms in total. The van der Waals surface area contributed by atoms with E-state index in [9.17, 15) is 0 Å². The second kappa shape index (κ2) is 7.90. The van der Waals surface area contributed by atoms with Gasteiger partial charge in [-0.3, -0.25) is 0 Å². The van der Waals surface area contributed by atoms with Crippen molar-refractivity contribution < 1.29 is 0 Å². The molecule has 1 aliphatic rings. The number of nitrogens with zero attached hydrogens (tertiary/aromatic N) is 3. The summed E-state index contributed by atoms with van der Waals surface area (Å²) in [6.07, 6.45) is 12.3. The van der Waals surface area contributed by atoms with Crippen molar-refractivity contribution in [1.29, 1.82) is 5.26 Å². The molecule has 1 N–H and O–H groups in total. The van der Waals surface area contributed by atoms with Crippen molar-refractivity contribution in [2.45, 2.75) is 64.5 Å². The minimum Gasteiger partial charge on any atom is -0.381 e. The van der Waals surface area contributed by atoms with Gasteiger partial charge in [-0.15, -0.1) is 0 Å². The van der Waals surface area contributed by atoms with Crippen LogP contribution in [0.2, 0.25) is 5.02 Å². The first-order valence-electron chi connectivity index (χ1n) is 8.96. The molecule has 2 aromatic rings. The summed E-state index contributed by atoms with van der Waals surface area (Å²) < 4.78 is 2.03. The Balaban J connectivity index is 1.79. The summed E-state index contributed by atoms with van der Waals surface area (Å²) in [6.45, 7) is 2.89. The van der Waals surface area contributed by atoms with Crippen molar-refractivity contribution in [3.63, 3.8) is 0 Å². The van der Waals surface area contributed by atoms with Gasteiger partial charge in [-0.1, -0.05) is 43.7 Å². The number of aryl methyl sites for hydroxylation is 1. The fourth-order valence-corrected chi connectivity index (χ4v) is 4.12. The summed E-state index contributed by atoms with van der Waals surface area (Å²) in [5.74, 6) is 0.835. The summed E-state index contributed by atoms with van der Waals surface area (Å²) in [4.78, 5) is 4.47. The Hall–Kier alpha value is -1.73. The number of hydrogen-bond donors (Lipinski definition) is 1. The molecule has 0 amide bonds. The van der Waals surface area contributed by atoms with Gasteiger partial charge in [0, 0.05) is 25.0 Å². The third kappa shape index (κ3) is 3.84. The van der Waals surface area contributed by atoms with E-state index >= 15 is 0 Å². The average molecular weight is 345 g/mol. The highest BCUT2D eigenvalue weighted by molar-refractivity contribution is 6.36. The Labute approximate surface area is 148 Å². The lowest BCUT2D eigenvalue weighted by molar-refractivity contribution is 0.328. The zero-order valence-electron chi connectivity index (χ0n) is 14.3. The van der Waals surface area contributed by atoms with Crippen LogP contribution in [0.25, 0.3) is 11.0 Å². The molecule has 1 aliphatic carbocycles. The topological polar surface area (TPSA) is 53.6 Å². The lowest BCUT2D eigenvalue weighted by Crippen LogP contribution is -2.21. The average Bonchev–Trinajstić information content (AvgIpc) is 2.92. The smallest absolute Gasteiger partial charge is 0.143 e. The highest BCUT2D eigenvalue weighted by atomic mass is 35.5. The first-order chi connectivity index (χ1) is 11.7. The summed E-state index contributed by atoms with van der Waals surface area (Å²) in [5.41, 5.74) is 1.88. The van der Waals surface area contributed by atoms with Gasteiger partial charge in [0.1, 0.15) is 5.65 Å². The Morgan fingerprint density at radius 3 is 2.96 bits per heavy atom. The van der Waals surface area contributed by atoms with E-state index in [0.717, 1.165) is 22.6 Å². The molecule has 5 heteroatoms. The van der Waals surface area contributed by atoms with Crippen LogP contribution in [0, 0.1) is 17.2 Å². The number of rotatable bonds is 6. The zero-order chi connectivity index (χ0) is 16.9. The molecule has 0 aliphatic heterocycles. The van der Waals surface area contributed by atoms with Crippen molar-refractivity contribution in [3.05, 3.63) is 23.5 Å². The summed E-state index contributed by atoms with van der Waals surface area (Å²) in [5, 5.41) is 14.2. The molecular weight excluding hydrogens is 320 g/mol. The molecule has 0 spiro atoms. The lowest BCUT2D eigenvalue weighted by Gasteiger charge is -2.25. The van der Waals surface area contributed by atoms with Crippen LogP contribution in [0.4, 0.5) is 5.69 Å². The van der Waals surface area contributed by atoms with Gasteiger partial charge < -0.3 is 9.88 Å². The highest BCUT2D eigenvalue weighted by Crippen LogP contribution is 2.33. The van der Waals surface area contributed by atoms with Crippen LogP contribution in [-0.4, -0.2) is 15.6 Å². The third-order valence-corrected chi connectivity index (χ3v) is 5.30. The molecule has 1 atom stereocenters. The van der Waals surface area contributed by atoms with Crippen LogP contribution in [0.5, 0.6) is 0 Å². The molecular formula is C19H25ClN4. The fourth-order valence-electron chi connectivity index (χ4n) is 3.87. The van der Waals surface area contributed by atoms with E-state index in [2.05, 4.69) is 29.5 Å². The van der Waals surface area contributed by atoms with Gasteiger partial charge in [0.2, 0.25) is 0 Å². The van der Waals surface area contributed by atoms with Gasteiger partial charge in [-0.2, -0.15) is 5.26 Å². The minimum absolute atomic E-state index is 0.402. The van der Waals surface area contributed by atoms with Crippen LogP contribution in [0.15, 0.2) is 18.5 Å². The van der Waals surface area contributed by atoms with Crippen molar-refractivity contribution in [3.8, 4) is 6.07 Å². The quantitative estimate of drug-likeness (QED) is 0.765. The van der Waals surface area contributed by atoms with E-state index in [4.69, 9.17) is 16.9 Å². The number of anilines is 1. The van der Waals surface area contributed by atoms with Crippen LogP contribution in [0.3, 0.4) is 0 Å². The monoisotopic (exact) mass is 344 g/mol. The number of fused-ring (bicyclic) bond motifs is 1. The van der Waals surface area contributed by atoms with E-state index < -0.39 is 0 Å². The van der Waals surface area contributed by atoms with Crippen molar-refractivity contribution >= 4 is 28.3 Å². The van der Waals surface area contributed by atoms with Gasteiger partial charge in [-0.25, -0.2) is 4.98 Å². The molecule has 128 valence electrons. The second-order valence-corrected chi connectivity index (χ2v) is 7.33. The van der Waals surface area contributed by atoms with Crippen LogP contribution in [0.1, 0.15) is 51.9 Å². The number of nitrogens with one attached hydrogen (secondary N) is 1. The highest BCUT2D eigenvalue weighted by Gasteiger charge is 2.19. The van der Waals surface area contributed by atoms with Gasteiger partial charge in [-0.05, 0) is 25.3 Å². The van der Waals surface area contributed by atoms with E-state index in [-0.39, 0.29) is 0 Å². The number of pyridine rings is 1. The SMILES string of the molecule is CC(CC1CCCCC1)Nc1cn(CCC#N)c2nccc(Cl)c12. The van der Waals surface area contributed by atoms with Gasteiger partial charge >= 0.3 is 0 Å². The number of hydrogen-bond acceptors (Lipinski definition) is 3. The Morgan fingerprint density at radius 1 is 1.42 bits per heavy atom. The summed E-state index contributed by atoms with van der Waals surface area (Å²) >= 11 is 6.43. The number of aromatic nitrogens is 2. The first kappa shape index (κ1) is 17.1. The van der Waals surface area contributed by atoms with E-state index in [1.165, 1.54) is 38.5 Å². The molecule has 3 rings (SSSR count). The fraction of sp³-hybridized carbons (Fsp3) is 0.579. The van der Waals surface area contributed by atoms with Crippen molar-refractivity contribution in [2.75, 3.05) is 5.32 Å². The number of halogens is 1. The molecule has 0 radical (unpaired) electrons. The molecule has 0 aromatic carbocycles. The molecule has 1 unspecified atom stereocenters. The molecule has 2 heterocycles. The maximum absolute atomic E-state index is 8.86. The largest absolute Gasteiger partial charge is 0.381 e. The predicted molar refractivity (Wildman–Crippen MR) is 99.2 cm³/mol. The van der Waals surface area contributed by atoms with E-state index in [0.29, 0.717) is 24.0 Å². The van der Waals surface area contributed by atoms with Gasteiger partial charge in [0.15, 0.2) is 0 Å². The molecule has 1 saturated carbocycles.